The Labute approximate surface area is 129 Å². The summed E-state index contributed by atoms with van der Waals surface area (Å²) in [5, 5.41) is 11.2. The quantitative estimate of drug-likeness (QED) is 0.600. The minimum absolute atomic E-state index is 0.486. The van der Waals surface area contributed by atoms with E-state index in [1.165, 1.54) is 32.1 Å². The molecule has 110 valence electrons. The van der Waals surface area contributed by atoms with Gasteiger partial charge in [0.2, 0.25) is 0 Å². The van der Waals surface area contributed by atoms with Crippen LogP contribution in [0.5, 0.6) is 0 Å². The molecule has 0 spiro atoms. The van der Waals surface area contributed by atoms with Crippen LogP contribution in [0.15, 0.2) is 33.2 Å². The van der Waals surface area contributed by atoms with Crippen LogP contribution in [0.25, 0.3) is 11.0 Å². The van der Waals surface area contributed by atoms with E-state index in [9.17, 15) is 5.11 Å². The van der Waals surface area contributed by atoms with Crippen LogP contribution in [-0.2, 0) is 0 Å². The number of para-hydroxylation sites is 1. The third kappa shape index (κ3) is 4.10. The second-order valence-corrected chi connectivity index (χ2v) is 6.23. The van der Waals surface area contributed by atoms with Gasteiger partial charge in [0.05, 0.1) is 4.47 Å². The normalized spacial score (nSPS) is 12.9. The van der Waals surface area contributed by atoms with Crippen LogP contribution in [0.1, 0.15) is 63.7 Å². The van der Waals surface area contributed by atoms with Gasteiger partial charge in [0.25, 0.3) is 0 Å². The van der Waals surface area contributed by atoms with E-state index in [1.54, 1.807) is 0 Å². The first-order valence-corrected chi connectivity index (χ1v) is 8.37. The fourth-order valence-electron chi connectivity index (χ4n) is 2.47. The minimum Gasteiger partial charge on any atom is -0.457 e. The smallest absolute Gasteiger partial charge is 0.148 e. The molecule has 0 fully saturated rings. The van der Waals surface area contributed by atoms with E-state index < -0.39 is 6.10 Å². The lowest BCUT2D eigenvalue weighted by atomic mass is 10.1. The summed E-state index contributed by atoms with van der Waals surface area (Å²) in [6, 6.07) is 7.88. The molecular weight excluding hydrogens is 316 g/mol. The van der Waals surface area contributed by atoms with Crippen LogP contribution in [0.4, 0.5) is 0 Å². The summed E-state index contributed by atoms with van der Waals surface area (Å²) in [6.07, 6.45) is 7.72. The van der Waals surface area contributed by atoms with Crippen molar-refractivity contribution in [1.82, 2.24) is 0 Å². The predicted molar refractivity (Wildman–Crippen MR) is 86.9 cm³/mol. The Balaban J connectivity index is 1.85. The van der Waals surface area contributed by atoms with Crippen LogP contribution in [0.3, 0.4) is 0 Å². The lowest BCUT2D eigenvalue weighted by molar-refractivity contribution is 0.139. The molecular formula is C17H23BrO2. The number of benzene rings is 1. The molecule has 1 aromatic carbocycles. The zero-order valence-electron chi connectivity index (χ0n) is 12.1. The summed E-state index contributed by atoms with van der Waals surface area (Å²) >= 11 is 3.47. The first-order chi connectivity index (χ1) is 9.72. The number of fused-ring (bicyclic) bond motifs is 1. The molecule has 1 aromatic heterocycles. The average Bonchev–Trinajstić information content (AvgIpc) is 2.88. The molecule has 0 saturated carbocycles. The summed E-state index contributed by atoms with van der Waals surface area (Å²) in [4.78, 5) is 0. The Bertz CT molecular complexity index is 533. The number of unbranched alkanes of at least 4 members (excludes halogenated alkanes) is 5. The maximum Gasteiger partial charge on any atom is 0.148 e. The standard InChI is InChI=1S/C17H23BrO2/c1-2-3-4-5-6-7-11-15(19)16-12-13-9-8-10-14(18)17(13)20-16/h8-10,12,15,19H,2-7,11H2,1H3. The van der Waals surface area contributed by atoms with E-state index in [4.69, 9.17) is 4.42 Å². The van der Waals surface area contributed by atoms with Crippen molar-refractivity contribution in [3.05, 3.63) is 34.5 Å². The van der Waals surface area contributed by atoms with Crippen molar-refractivity contribution in [3.8, 4) is 0 Å². The fourth-order valence-corrected chi connectivity index (χ4v) is 2.93. The molecule has 0 amide bonds. The number of aliphatic hydroxyl groups is 1. The zero-order chi connectivity index (χ0) is 14.4. The van der Waals surface area contributed by atoms with E-state index in [-0.39, 0.29) is 0 Å². The van der Waals surface area contributed by atoms with E-state index in [2.05, 4.69) is 22.9 Å². The van der Waals surface area contributed by atoms with Crippen LogP contribution in [-0.4, -0.2) is 5.11 Å². The van der Waals surface area contributed by atoms with Gasteiger partial charge in [-0.1, -0.05) is 57.6 Å². The number of furan rings is 1. The van der Waals surface area contributed by atoms with Crippen molar-refractivity contribution in [1.29, 1.82) is 0 Å². The first-order valence-electron chi connectivity index (χ1n) is 7.58. The van der Waals surface area contributed by atoms with Gasteiger partial charge in [-0.2, -0.15) is 0 Å². The van der Waals surface area contributed by atoms with Gasteiger partial charge in [-0.15, -0.1) is 0 Å². The molecule has 1 atom stereocenters. The number of aliphatic hydroxyl groups excluding tert-OH is 1. The van der Waals surface area contributed by atoms with Gasteiger partial charge in [0.15, 0.2) is 0 Å². The Morgan fingerprint density at radius 3 is 2.65 bits per heavy atom. The topological polar surface area (TPSA) is 33.4 Å². The molecule has 0 aliphatic heterocycles. The molecule has 1 unspecified atom stereocenters. The van der Waals surface area contributed by atoms with Crippen molar-refractivity contribution in [3.63, 3.8) is 0 Å². The van der Waals surface area contributed by atoms with E-state index in [1.807, 2.05) is 24.3 Å². The van der Waals surface area contributed by atoms with Crippen LogP contribution >= 0.6 is 15.9 Å². The fraction of sp³-hybridized carbons (Fsp3) is 0.529. The van der Waals surface area contributed by atoms with Crippen molar-refractivity contribution >= 4 is 26.9 Å². The molecule has 3 heteroatoms. The average molecular weight is 339 g/mol. The highest BCUT2D eigenvalue weighted by atomic mass is 79.9. The third-order valence-corrected chi connectivity index (χ3v) is 4.30. The second-order valence-electron chi connectivity index (χ2n) is 5.38. The van der Waals surface area contributed by atoms with Gasteiger partial charge < -0.3 is 9.52 Å². The summed E-state index contributed by atoms with van der Waals surface area (Å²) in [7, 11) is 0. The van der Waals surface area contributed by atoms with Gasteiger partial charge >= 0.3 is 0 Å². The van der Waals surface area contributed by atoms with E-state index >= 15 is 0 Å². The molecule has 2 nitrogen and oxygen atoms in total. The highest BCUT2D eigenvalue weighted by Gasteiger charge is 2.14. The number of hydrogen-bond acceptors (Lipinski definition) is 2. The van der Waals surface area contributed by atoms with Crippen molar-refractivity contribution < 1.29 is 9.52 Å². The van der Waals surface area contributed by atoms with Crippen molar-refractivity contribution in [2.24, 2.45) is 0 Å². The molecule has 2 aromatic rings. The number of halogens is 1. The maximum atomic E-state index is 10.2. The van der Waals surface area contributed by atoms with Crippen molar-refractivity contribution in [2.75, 3.05) is 0 Å². The maximum absolute atomic E-state index is 10.2. The number of rotatable bonds is 8. The van der Waals surface area contributed by atoms with Gasteiger partial charge in [0, 0.05) is 5.39 Å². The third-order valence-electron chi connectivity index (χ3n) is 3.67. The molecule has 0 radical (unpaired) electrons. The van der Waals surface area contributed by atoms with Crippen molar-refractivity contribution in [2.45, 2.75) is 58.0 Å². The minimum atomic E-state index is -0.486. The van der Waals surface area contributed by atoms with E-state index in [0.29, 0.717) is 5.76 Å². The Kier molecular flexibility index (Phi) is 6.11. The van der Waals surface area contributed by atoms with Gasteiger partial charge in [-0.05, 0) is 34.5 Å². The highest BCUT2D eigenvalue weighted by molar-refractivity contribution is 9.10. The molecule has 1 heterocycles. The van der Waals surface area contributed by atoms with Gasteiger partial charge in [-0.3, -0.25) is 0 Å². The number of hydrogen-bond donors (Lipinski definition) is 1. The summed E-state index contributed by atoms with van der Waals surface area (Å²) in [5.41, 5.74) is 0.824. The summed E-state index contributed by atoms with van der Waals surface area (Å²) < 4.78 is 6.70. The molecule has 20 heavy (non-hydrogen) atoms. The van der Waals surface area contributed by atoms with Gasteiger partial charge in [0.1, 0.15) is 17.4 Å². The molecule has 0 aliphatic rings. The Morgan fingerprint density at radius 2 is 1.90 bits per heavy atom. The lowest BCUT2D eigenvalue weighted by Gasteiger charge is -2.07. The largest absolute Gasteiger partial charge is 0.457 e. The Hall–Kier alpha value is -0.800. The van der Waals surface area contributed by atoms with Gasteiger partial charge in [-0.25, -0.2) is 0 Å². The monoisotopic (exact) mass is 338 g/mol. The van der Waals surface area contributed by atoms with E-state index in [0.717, 1.165) is 28.3 Å². The zero-order valence-corrected chi connectivity index (χ0v) is 13.7. The molecule has 0 bridgehead atoms. The first kappa shape index (κ1) is 15.6. The van der Waals surface area contributed by atoms with Crippen LogP contribution in [0, 0.1) is 0 Å². The summed E-state index contributed by atoms with van der Waals surface area (Å²) in [5.74, 6) is 0.681. The van der Waals surface area contributed by atoms with Crippen LogP contribution in [0.2, 0.25) is 0 Å². The molecule has 0 aliphatic carbocycles. The SMILES string of the molecule is CCCCCCCCC(O)c1cc2cccc(Br)c2o1. The molecule has 0 saturated heterocycles. The second kappa shape index (κ2) is 7.84. The lowest BCUT2D eigenvalue weighted by Crippen LogP contribution is -1.95. The highest BCUT2D eigenvalue weighted by Crippen LogP contribution is 2.31. The van der Waals surface area contributed by atoms with Crippen LogP contribution < -0.4 is 0 Å². The molecule has 2 rings (SSSR count). The predicted octanol–water partition coefficient (Wildman–Crippen LogP) is 5.98. The molecule has 1 N–H and O–H groups in total. The summed E-state index contributed by atoms with van der Waals surface area (Å²) in [6.45, 7) is 2.23. The Morgan fingerprint density at radius 1 is 1.15 bits per heavy atom.